The second-order valence-electron chi connectivity index (χ2n) is 7.52. The molecule has 0 unspecified atom stereocenters. The van der Waals surface area contributed by atoms with Gasteiger partial charge in [-0.05, 0) is 46.1 Å². The van der Waals surface area contributed by atoms with Crippen molar-refractivity contribution in [3.63, 3.8) is 0 Å². The second kappa shape index (κ2) is 6.39. The normalized spacial score (nSPS) is 20.6. The van der Waals surface area contributed by atoms with E-state index < -0.39 is 0 Å². The molecule has 0 bridgehead atoms. The fourth-order valence-corrected chi connectivity index (χ4v) is 3.74. The molecule has 1 amide bonds. The molecule has 0 atom stereocenters. The largest absolute Gasteiger partial charge is 0.307 e. The van der Waals surface area contributed by atoms with Crippen LogP contribution < -0.4 is 5.32 Å². The number of carbonyl (C=O) groups is 1. The number of hydroxylamine groups is 2. The first-order chi connectivity index (χ1) is 10.2. The number of hydrogen-bond acceptors (Lipinski definition) is 3. The lowest BCUT2D eigenvalue weighted by atomic mass is 9.79. The standard InChI is InChI=1S/C18H28N2O2/c1-17(2)12-15(13-18(3,4)19-17)20(22-5)16(21)11-14-9-7-6-8-10-14/h6-10,15,19H,11-13H2,1-5H3. The Hall–Kier alpha value is -1.39. The molecule has 1 aliphatic rings. The van der Waals surface area contributed by atoms with Crippen LogP contribution >= 0.6 is 0 Å². The molecule has 1 aromatic rings. The highest BCUT2D eigenvalue weighted by Gasteiger charge is 2.41. The van der Waals surface area contributed by atoms with Crippen molar-refractivity contribution >= 4 is 5.91 Å². The molecule has 4 heteroatoms. The van der Waals surface area contributed by atoms with Gasteiger partial charge in [-0.25, -0.2) is 5.06 Å². The maximum Gasteiger partial charge on any atom is 0.250 e. The first-order valence-electron chi connectivity index (χ1n) is 7.92. The Morgan fingerprint density at radius 1 is 1.18 bits per heavy atom. The summed E-state index contributed by atoms with van der Waals surface area (Å²) in [4.78, 5) is 18.1. The van der Waals surface area contributed by atoms with E-state index in [0.717, 1.165) is 18.4 Å². The monoisotopic (exact) mass is 304 g/mol. The van der Waals surface area contributed by atoms with Gasteiger partial charge in [0.1, 0.15) is 0 Å². The first-order valence-corrected chi connectivity index (χ1v) is 7.92. The molecule has 1 fully saturated rings. The molecule has 1 N–H and O–H groups in total. The van der Waals surface area contributed by atoms with E-state index in [0.29, 0.717) is 6.42 Å². The lowest BCUT2D eigenvalue weighted by Gasteiger charge is -2.48. The van der Waals surface area contributed by atoms with E-state index in [4.69, 9.17) is 4.84 Å². The quantitative estimate of drug-likeness (QED) is 0.870. The van der Waals surface area contributed by atoms with E-state index >= 15 is 0 Å². The van der Waals surface area contributed by atoms with Crippen molar-refractivity contribution in [3.8, 4) is 0 Å². The van der Waals surface area contributed by atoms with Gasteiger partial charge < -0.3 is 5.32 Å². The maximum absolute atomic E-state index is 12.6. The highest BCUT2D eigenvalue weighted by Crippen LogP contribution is 2.31. The molecule has 1 aliphatic heterocycles. The lowest BCUT2D eigenvalue weighted by molar-refractivity contribution is -0.195. The third-order valence-corrected chi connectivity index (χ3v) is 4.14. The van der Waals surface area contributed by atoms with Crippen LogP contribution in [0, 0.1) is 0 Å². The zero-order valence-corrected chi connectivity index (χ0v) is 14.3. The molecule has 0 aromatic heterocycles. The number of hydrogen-bond donors (Lipinski definition) is 1. The minimum atomic E-state index is -0.0176. The third-order valence-electron chi connectivity index (χ3n) is 4.14. The van der Waals surface area contributed by atoms with Crippen molar-refractivity contribution in [2.75, 3.05) is 7.11 Å². The van der Waals surface area contributed by atoms with Gasteiger partial charge >= 0.3 is 0 Å². The van der Waals surface area contributed by atoms with E-state index in [1.807, 2.05) is 30.3 Å². The fraction of sp³-hybridized carbons (Fsp3) is 0.611. The van der Waals surface area contributed by atoms with Gasteiger partial charge in [-0.3, -0.25) is 9.63 Å². The van der Waals surface area contributed by atoms with Crippen LogP contribution in [-0.4, -0.2) is 35.2 Å². The van der Waals surface area contributed by atoms with Gasteiger partial charge in [0.05, 0.1) is 19.6 Å². The molecule has 4 nitrogen and oxygen atoms in total. The van der Waals surface area contributed by atoms with Crippen LogP contribution in [0.1, 0.15) is 46.1 Å². The third kappa shape index (κ3) is 4.31. The van der Waals surface area contributed by atoms with Gasteiger partial charge in [-0.15, -0.1) is 0 Å². The molecule has 0 saturated carbocycles. The van der Waals surface area contributed by atoms with Gasteiger partial charge in [-0.2, -0.15) is 0 Å². The van der Waals surface area contributed by atoms with Crippen LogP contribution in [0.3, 0.4) is 0 Å². The molecule has 1 saturated heterocycles. The summed E-state index contributed by atoms with van der Waals surface area (Å²) in [5, 5.41) is 5.22. The summed E-state index contributed by atoms with van der Waals surface area (Å²) in [7, 11) is 1.59. The zero-order chi connectivity index (χ0) is 16.4. The molecule has 122 valence electrons. The summed E-state index contributed by atoms with van der Waals surface area (Å²) in [6, 6.07) is 9.91. The van der Waals surface area contributed by atoms with E-state index in [1.54, 1.807) is 12.2 Å². The summed E-state index contributed by atoms with van der Waals surface area (Å²) in [6.07, 6.45) is 2.13. The van der Waals surface area contributed by atoms with Crippen LogP contribution in [0.2, 0.25) is 0 Å². The zero-order valence-electron chi connectivity index (χ0n) is 14.3. The highest BCUT2D eigenvalue weighted by molar-refractivity contribution is 5.78. The maximum atomic E-state index is 12.6. The van der Waals surface area contributed by atoms with Crippen molar-refractivity contribution in [2.45, 2.75) is 64.1 Å². The Bertz CT molecular complexity index is 495. The summed E-state index contributed by atoms with van der Waals surface area (Å²) in [6.45, 7) is 8.71. The van der Waals surface area contributed by atoms with E-state index in [-0.39, 0.29) is 23.0 Å². The van der Waals surface area contributed by atoms with Gasteiger partial charge in [-0.1, -0.05) is 30.3 Å². The number of benzene rings is 1. The molecule has 1 heterocycles. The van der Waals surface area contributed by atoms with Crippen LogP contribution in [-0.2, 0) is 16.1 Å². The van der Waals surface area contributed by atoms with Crippen LogP contribution in [0.5, 0.6) is 0 Å². The van der Waals surface area contributed by atoms with Gasteiger partial charge in [0, 0.05) is 11.1 Å². The molecule has 22 heavy (non-hydrogen) atoms. The Balaban J connectivity index is 2.11. The number of nitrogens with one attached hydrogen (secondary N) is 1. The van der Waals surface area contributed by atoms with Crippen molar-refractivity contribution in [1.29, 1.82) is 0 Å². The number of carbonyl (C=O) groups excluding carboxylic acids is 1. The molecule has 0 aliphatic carbocycles. The second-order valence-corrected chi connectivity index (χ2v) is 7.52. The van der Waals surface area contributed by atoms with E-state index in [1.165, 1.54) is 0 Å². The van der Waals surface area contributed by atoms with Gasteiger partial charge in [0.15, 0.2) is 0 Å². The van der Waals surface area contributed by atoms with Crippen molar-refractivity contribution in [1.82, 2.24) is 10.4 Å². The van der Waals surface area contributed by atoms with Crippen molar-refractivity contribution < 1.29 is 9.63 Å². The van der Waals surface area contributed by atoms with Crippen LogP contribution in [0.15, 0.2) is 30.3 Å². The molecular weight excluding hydrogens is 276 g/mol. The number of amides is 1. The predicted molar refractivity (Wildman–Crippen MR) is 88.3 cm³/mol. The summed E-state index contributed by atoms with van der Waals surface area (Å²) in [5.41, 5.74) is 0.980. The predicted octanol–water partition coefficient (Wildman–Crippen LogP) is 2.93. The van der Waals surface area contributed by atoms with Crippen LogP contribution in [0.4, 0.5) is 0 Å². The van der Waals surface area contributed by atoms with Crippen molar-refractivity contribution in [2.24, 2.45) is 0 Å². The molecule has 0 radical (unpaired) electrons. The minimum Gasteiger partial charge on any atom is -0.307 e. The number of piperidine rings is 1. The average Bonchev–Trinajstić information content (AvgIpc) is 2.36. The fourth-order valence-electron chi connectivity index (χ4n) is 3.74. The number of rotatable bonds is 4. The van der Waals surface area contributed by atoms with Gasteiger partial charge in [0.2, 0.25) is 0 Å². The van der Waals surface area contributed by atoms with E-state index in [9.17, 15) is 4.79 Å². The minimum absolute atomic E-state index is 0.0176. The van der Waals surface area contributed by atoms with Gasteiger partial charge in [0.25, 0.3) is 5.91 Å². The smallest absolute Gasteiger partial charge is 0.250 e. The van der Waals surface area contributed by atoms with Crippen LogP contribution in [0.25, 0.3) is 0 Å². The molecule has 0 spiro atoms. The first kappa shape index (κ1) is 17.0. The SMILES string of the molecule is CON(C(=O)Cc1ccccc1)C1CC(C)(C)NC(C)(C)C1. The topological polar surface area (TPSA) is 41.6 Å². The van der Waals surface area contributed by atoms with Crippen molar-refractivity contribution in [3.05, 3.63) is 35.9 Å². The molecular formula is C18H28N2O2. The lowest BCUT2D eigenvalue weighted by Crippen LogP contribution is -2.62. The Morgan fingerprint density at radius 2 is 1.73 bits per heavy atom. The Morgan fingerprint density at radius 3 is 2.23 bits per heavy atom. The summed E-state index contributed by atoms with van der Waals surface area (Å²) in [5.74, 6) is 0.0206. The average molecular weight is 304 g/mol. The molecule has 1 aromatic carbocycles. The Kier molecular flexibility index (Phi) is 4.93. The Labute approximate surface area is 133 Å². The van der Waals surface area contributed by atoms with E-state index in [2.05, 4.69) is 33.0 Å². The summed E-state index contributed by atoms with van der Waals surface area (Å²) < 4.78 is 0. The summed E-state index contributed by atoms with van der Waals surface area (Å²) >= 11 is 0. The highest BCUT2D eigenvalue weighted by atomic mass is 16.7. The number of nitrogens with zero attached hydrogens (tertiary/aromatic N) is 1. The molecule has 2 rings (SSSR count).